The molecule has 1 aliphatic carbocycles. The van der Waals surface area contributed by atoms with Gasteiger partial charge in [0.2, 0.25) is 0 Å². The van der Waals surface area contributed by atoms with E-state index < -0.39 is 0 Å². The minimum Gasteiger partial charge on any atom is -0.0785 e. The van der Waals surface area contributed by atoms with E-state index in [-0.39, 0.29) is 10.8 Å². The maximum atomic E-state index is 2.40. The number of hydrogen-bond acceptors (Lipinski definition) is 0. The predicted octanol–water partition coefficient (Wildman–Crippen LogP) is 8.09. The van der Waals surface area contributed by atoms with Crippen molar-refractivity contribution in [3.8, 4) is 0 Å². The van der Waals surface area contributed by atoms with E-state index in [9.17, 15) is 0 Å². The van der Waals surface area contributed by atoms with Crippen molar-refractivity contribution in [2.75, 3.05) is 0 Å². The lowest BCUT2D eigenvalue weighted by molar-refractivity contribution is 0.527. The molecule has 0 aromatic heterocycles. The number of allylic oxidation sites excluding steroid dienone is 4. The van der Waals surface area contributed by atoms with Crippen molar-refractivity contribution in [2.24, 2.45) is 5.41 Å². The second kappa shape index (κ2) is 7.95. The Hall–Kier alpha value is -2.34. The molecule has 0 atom stereocenters. The first kappa shape index (κ1) is 20.4. The highest BCUT2D eigenvalue weighted by atomic mass is 14.3. The summed E-state index contributed by atoms with van der Waals surface area (Å²) in [5, 5.41) is 0. The molecule has 0 radical (unpaired) electrons. The number of benzene rings is 2. The monoisotopic (exact) mass is 370 g/mol. The SMILES string of the molecule is CCc1ccc(/C=C/c2ccc3c(c2)C(/C=C\C(C)(C)C)=CCC3(C)C)cc1. The summed E-state index contributed by atoms with van der Waals surface area (Å²) in [6.45, 7) is 13.6. The smallest absolute Gasteiger partial charge is 0.00626 e. The molecule has 0 heterocycles. The first-order valence-corrected chi connectivity index (χ1v) is 10.5. The Kier molecular flexibility index (Phi) is 5.79. The van der Waals surface area contributed by atoms with Crippen LogP contribution in [0.25, 0.3) is 17.7 Å². The van der Waals surface area contributed by atoms with Crippen molar-refractivity contribution in [2.45, 2.75) is 59.8 Å². The maximum Gasteiger partial charge on any atom is -0.00626 e. The summed E-state index contributed by atoms with van der Waals surface area (Å²) < 4.78 is 0. The third-order valence-corrected chi connectivity index (χ3v) is 5.54. The number of rotatable bonds is 4. The van der Waals surface area contributed by atoms with Crippen LogP contribution in [0.3, 0.4) is 0 Å². The Bertz CT molecular complexity index is 910. The lowest BCUT2D eigenvalue weighted by Gasteiger charge is -2.32. The van der Waals surface area contributed by atoms with E-state index in [1.54, 1.807) is 0 Å². The lowest BCUT2D eigenvalue weighted by Crippen LogP contribution is -2.21. The zero-order chi connectivity index (χ0) is 20.4. The molecule has 0 saturated carbocycles. The summed E-state index contributed by atoms with van der Waals surface area (Å²) in [5.41, 5.74) is 8.45. The van der Waals surface area contributed by atoms with Crippen LogP contribution in [0.15, 0.2) is 60.7 Å². The van der Waals surface area contributed by atoms with Gasteiger partial charge in [-0.1, -0.05) is 108 Å². The van der Waals surface area contributed by atoms with Gasteiger partial charge in [0, 0.05) is 0 Å². The van der Waals surface area contributed by atoms with Crippen LogP contribution in [0.1, 0.15) is 75.8 Å². The summed E-state index contributed by atoms with van der Waals surface area (Å²) in [7, 11) is 0. The molecular formula is C28H34. The minimum absolute atomic E-state index is 0.187. The van der Waals surface area contributed by atoms with E-state index in [0.29, 0.717) is 0 Å². The highest BCUT2D eigenvalue weighted by Crippen LogP contribution is 2.40. The Morgan fingerprint density at radius 3 is 2.18 bits per heavy atom. The topological polar surface area (TPSA) is 0 Å². The molecule has 2 aromatic rings. The van der Waals surface area contributed by atoms with Crippen molar-refractivity contribution >= 4 is 17.7 Å². The maximum absolute atomic E-state index is 2.40. The number of hydrogen-bond donors (Lipinski definition) is 0. The summed E-state index contributed by atoms with van der Waals surface area (Å²) >= 11 is 0. The van der Waals surface area contributed by atoms with Crippen LogP contribution in [0.2, 0.25) is 0 Å². The van der Waals surface area contributed by atoms with Gasteiger partial charge in [-0.3, -0.25) is 0 Å². The van der Waals surface area contributed by atoms with Crippen LogP contribution in [0, 0.1) is 5.41 Å². The van der Waals surface area contributed by atoms with Gasteiger partial charge in [0.05, 0.1) is 0 Å². The predicted molar refractivity (Wildman–Crippen MR) is 125 cm³/mol. The normalized spacial score (nSPS) is 16.4. The third-order valence-electron chi connectivity index (χ3n) is 5.54. The standard InChI is InChI=1S/C28H34/c1-7-21-8-10-22(11-9-21)12-13-23-14-15-26-25(20-23)24(16-18-27(2,3)4)17-19-28(26,5)6/h8-18,20H,7,19H2,1-6H3/b13-12+,18-16-. The first-order valence-electron chi connectivity index (χ1n) is 10.5. The zero-order valence-corrected chi connectivity index (χ0v) is 18.3. The van der Waals surface area contributed by atoms with Gasteiger partial charge in [0.1, 0.15) is 0 Å². The molecule has 0 unspecified atom stereocenters. The van der Waals surface area contributed by atoms with E-state index in [4.69, 9.17) is 0 Å². The molecule has 146 valence electrons. The van der Waals surface area contributed by atoms with Gasteiger partial charge in [0.25, 0.3) is 0 Å². The van der Waals surface area contributed by atoms with Crippen molar-refractivity contribution in [1.29, 1.82) is 0 Å². The van der Waals surface area contributed by atoms with E-state index in [1.807, 2.05) is 0 Å². The summed E-state index contributed by atoms with van der Waals surface area (Å²) in [5.74, 6) is 0. The summed E-state index contributed by atoms with van der Waals surface area (Å²) in [6, 6.07) is 15.8. The fourth-order valence-corrected chi connectivity index (χ4v) is 3.63. The van der Waals surface area contributed by atoms with Gasteiger partial charge < -0.3 is 0 Å². The van der Waals surface area contributed by atoms with Crippen LogP contribution in [0.5, 0.6) is 0 Å². The molecule has 0 N–H and O–H groups in total. The average Bonchev–Trinajstić information content (AvgIpc) is 2.65. The van der Waals surface area contributed by atoms with Crippen molar-refractivity contribution in [3.63, 3.8) is 0 Å². The van der Waals surface area contributed by atoms with Gasteiger partial charge in [-0.05, 0) is 63.1 Å². The molecule has 2 aromatic carbocycles. The van der Waals surface area contributed by atoms with Crippen molar-refractivity contribution in [1.82, 2.24) is 0 Å². The van der Waals surface area contributed by atoms with Gasteiger partial charge in [-0.25, -0.2) is 0 Å². The largest absolute Gasteiger partial charge is 0.0785 e. The number of fused-ring (bicyclic) bond motifs is 1. The highest BCUT2D eigenvalue weighted by Gasteiger charge is 2.27. The Balaban J connectivity index is 1.93. The fourth-order valence-electron chi connectivity index (χ4n) is 3.63. The zero-order valence-electron chi connectivity index (χ0n) is 18.3. The number of aryl methyl sites for hydroxylation is 1. The molecule has 0 amide bonds. The van der Waals surface area contributed by atoms with Crippen LogP contribution in [-0.4, -0.2) is 0 Å². The molecule has 0 spiro atoms. The summed E-state index contributed by atoms with van der Waals surface area (Å²) in [4.78, 5) is 0. The van der Waals surface area contributed by atoms with Gasteiger partial charge in [-0.15, -0.1) is 0 Å². The second-order valence-corrected chi connectivity index (χ2v) is 9.68. The second-order valence-electron chi connectivity index (χ2n) is 9.68. The molecule has 0 heteroatoms. The van der Waals surface area contributed by atoms with Crippen molar-refractivity contribution in [3.05, 3.63) is 88.5 Å². The van der Waals surface area contributed by atoms with Crippen LogP contribution < -0.4 is 0 Å². The highest BCUT2D eigenvalue weighted by molar-refractivity contribution is 5.81. The van der Waals surface area contributed by atoms with Gasteiger partial charge in [0.15, 0.2) is 0 Å². The molecule has 1 aliphatic rings. The fraction of sp³-hybridized carbons (Fsp3) is 0.357. The molecule has 28 heavy (non-hydrogen) atoms. The Morgan fingerprint density at radius 2 is 1.54 bits per heavy atom. The molecule has 0 bridgehead atoms. The Morgan fingerprint density at radius 1 is 0.893 bits per heavy atom. The molecule has 3 rings (SSSR count). The molecule has 0 fully saturated rings. The molecule has 0 saturated heterocycles. The minimum atomic E-state index is 0.187. The summed E-state index contributed by atoms with van der Waals surface area (Å²) in [6.07, 6.45) is 13.6. The first-order chi connectivity index (χ1) is 13.2. The third kappa shape index (κ3) is 4.93. The van der Waals surface area contributed by atoms with Crippen LogP contribution in [0.4, 0.5) is 0 Å². The van der Waals surface area contributed by atoms with E-state index in [2.05, 4.69) is 114 Å². The van der Waals surface area contributed by atoms with Crippen LogP contribution >= 0.6 is 0 Å². The molecule has 0 nitrogen and oxygen atoms in total. The Labute approximate surface area is 171 Å². The lowest BCUT2D eigenvalue weighted by atomic mass is 9.72. The average molecular weight is 371 g/mol. The van der Waals surface area contributed by atoms with Crippen LogP contribution in [-0.2, 0) is 11.8 Å². The molecular weight excluding hydrogens is 336 g/mol. The molecule has 0 aliphatic heterocycles. The van der Waals surface area contributed by atoms with Gasteiger partial charge >= 0.3 is 0 Å². The van der Waals surface area contributed by atoms with E-state index in [1.165, 1.54) is 33.4 Å². The van der Waals surface area contributed by atoms with Crippen molar-refractivity contribution < 1.29 is 0 Å². The van der Waals surface area contributed by atoms with E-state index >= 15 is 0 Å². The quantitative estimate of drug-likeness (QED) is 0.477. The van der Waals surface area contributed by atoms with Gasteiger partial charge in [-0.2, -0.15) is 0 Å². The van der Waals surface area contributed by atoms with E-state index in [0.717, 1.165) is 12.8 Å².